The first-order valence-electron chi connectivity index (χ1n) is 10.2. The van der Waals surface area contributed by atoms with E-state index in [1.165, 1.54) is 11.8 Å². The monoisotopic (exact) mass is 439 g/mol. The van der Waals surface area contributed by atoms with E-state index in [-0.39, 0.29) is 5.56 Å². The SMILES string of the molecule is Cc1cc(C)cc(-n2c(SCc3nc(N)c4ccccc4n3)nc3ccccc3c2=O)c1. The number of nitrogens with zero attached hydrogens (tertiary/aromatic N) is 4. The number of fused-ring (bicyclic) bond motifs is 2. The summed E-state index contributed by atoms with van der Waals surface area (Å²) in [5.74, 6) is 1.48. The molecule has 0 aliphatic rings. The van der Waals surface area contributed by atoms with Crippen molar-refractivity contribution in [3.8, 4) is 5.69 Å². The number of benzene rings is 3. The summed E-state index contributed by atoms with van der Waals surface area (Å²) >= 11 is 1.42. The van der Waals surface area contributed by atoms with Gasteiger partial charge in [0, 0.05) is 5.39 Å². The fourth-order valence-corrected chi connectivity index (χ4v) is 4.73. The van der Waals surface area contributed by atoms with Crippen molar-refractivity contribution in [3.05, 3.63) is 94.0 Å². The second-order valence-electron chi connectivity index (χ2n) is 7.73. The lowest BCUT2D eigenvalue weighted by Crippen LogP contribution is -2.22. The molecule has 2 heterocycles. The number of hydrogen-bond donors (Lipinski definition) is 1. The van der Waals surface area contributed by atoms with Crippen LogP contribution in [-0.4, -0.2) is 19.5 Å². The molecule has 0 saturated carbocycles. The van der Waals surface area contributed by atoms with Crippen LogP contribution in [0.15, 0.2) is 76.7 Å². The van der Waals surface area contributed by atoms with Crippen LogP contribution < -0.4 is 11.3 Å². The number of nitrogen functional groups attached to an aromatic ring is 1. The summed E-state index contributed by atoms with van der Waals surface area (Å²) in [6, 6.07) is 21.2. The summed E-state index contributed by atoms with van der Waals surface area (Å²) in [5, 5.41) is 2.01. The van der Waals surface area contributed by atoms with Crippen LogP contribution in [0.4, 0.5) is 5.82 Å². The van der Waals surface area contributed by atoms with Crippen LogP contribution in [-0.2, 0) is 5.75 Å². The predicted octanol–water partition coefficient (Wildman–Crippen LogP) is 4.82. The number of anilines is 1. The van der Waals surface area contributed by atoms with E-state index in [0.29, 0.717) is 33.5 Å². The Labute approximate surface area is 189 Å². The number of hydrogen-bond acceptors (Lipinski definition) is 6. The van der Waals surface area contributed by atoms with Crippen molar-refractivity contribution in [2.75, 3.05) is 5.73 Å². The third kappa shape index (κ3) is 3.71. The molecule has 0 fully saturated rings. The zero-order valence-corrected chi connectivity index (χ0v) is 18.6. The van der Waals surface area contributed by atoms with Crippen LogP contribution in [0.5, 0.6) is 0 Å². The van der Waals surface area contributed by atoms with Crippen molar-refractivity contribution in [2.24, 2.45) is 0 Å². The number of para-hydroxylation sites is 2. The summed E-state index contributed by atoms with van der Waals surface area (Å²) in [4.78, 5) is 27.4. The third-order valence-electron chi connectivity index (χ3n) is 5.22. The Morgan fingerprint density at radius 1 is 0.844 bits per heavy atom. The summed E-state index contributed by atoms with van der Waals surface area (Å²) in [7, 11) is 0. The van der Waals surface area contributed by atoms with Gasteiger partial charge in [-0.3, -0.25) is 9.36 Å². The Hall–Kier alpha value is -3.71. The van der Waals surface area contributed by atoms with Crippen molar-refractivity contribution in [3.63, 3.8) is 0 Å². The van der Waals surface area contributed by atoms with E-state index in [2.05, 4.69) is 16.0 Å². The van der Waals surface area contributed by atoms with E-state index in [0.717, 1.165) is 27.7 Å². The molecule has 0 radical (unpaired) electrons. The summed E-state index contributed by atoms with van der Waals surface area (Å²) in [6.07, 6.45) is 0. The first-order chi connectivity index (χ1) is 15.5. The number of aromatic nitrogens is 4. The van der Waals surface area contributed by atoms with Crippen molar-refractivity contribution in [2.45, 2.75) is 24.8 Å². The molecule has 0 aliphatic carbocycles. The van der Waals surface area contributed by atoms with Crippen LogP contribution in [0.25, 0.3) is 27.5 Å². The Morgan fingerprint density at radius 3 is 2.19 bits per heavy atom. The second-order valence-corrected chi connectivity index (χ2v) is 8.67. The van der Waals surface area contributed by atoms with Crippen LogP contribution in [0.1, 0.15) is 17.0 Å². The van der Waals surface area contributed by atoms with E-state index in [4.69, 9.17) is 10.7 Å². The fourth-order valence-electron chi connectivity index (χ4n) is 3.86. The van der Waals surface area contributed by atoms with Crippen LogP contribution in [0.2, 0.25) is 0 Å². The molecular formula is C25H21N5OS. The van der Waals surface area contributed by atoms with Crippen LogP contribution in [0, 0.1) is 13.8 Å². The number of nitrogens with two attached hydrogens (primary N) is 1. The lowest BCUT2D eigenvalue weighted by atomic mass is 10.1. The molecular weight excluding hydrogens is 418 g/mol. The minimum absolute atomic E-state index is 0.0953. The quantitative estimate of drug-likeness (QED) is 0.319. The zero-order chi connectivity index (χ0) is 22.2. The first-order valence-corrected chi connectivity index (χ1v) is 11.2. The molecule has 5 rings (SSSR count). The molecule has 0 amide bonds. The van der Waals surface area contributed by atoms with Gasteiger partial charge in [-0.15, -0.1) is 0 Å². The molecule has 32 heavy (non-hydrogen) atoms. The average Bonchev–Trinajstić information content (AvgIpc) is 2.77. The summed E-state index contributed by atoms with van der Waals surface area (Å²) in [5.41, 5.74) is 10.5. The maximum absolute atomic E-state index is 13.5. The third-order valence-corrected chi connectivity index (χ3v) is 6.15. The van der Waals surface area contributed by atoms with Crippen LogP contribution in [0.3, 0.4) is 0 Å². The van der Waals surface area contributed by atoms with Crippen molar-refractivity contribution >= 4 is 39.4 Å². The van der Waals surface area contributed by atoms with Crippen molar-refractivity contribution in [1.29, 1.82) is 0 Å². The molecule has 7 heteroatoms. The molecule has 3 aromatic carbocycles. The normalized spacial score (nSPS) is 11.3. The highest BCUT2D eigenvalue weighted by atomic mass is 32.2. The van der Waals surface area contributed by atoms with Gasteiger partial charge in [-0.2, -0.15) is 0 Å². The highest BCUT2D eigenvalue weighted by Crippen LogP contribution is 2.26. The topological polar surface area (TPSA) is 86.7 Å². The van der Waals surface area contributed by atoms with E-state index in [9.17, 15) is 4.79 Å². The summed E-state index contributed by atoms with van der Waals surface area (Å²) < 4.78 is 1.68. The largest absolute Gasteiger partial charge is 0.383 e. The van der Waals surface area contributed by atoms with Gasteiger partial charge < -0.3 is 5.73 Å². The van der Waals surface area contributed by atoms with Gasteiger partial charge in [0.2, 0.25) is 0 Å². The zero-order valence-electron chi connectivity index (χ0n) is 17.7. The first kappa shape index (κ1) is 20.2. The lowest BCUT2D eigenvalue weighted by molar-refractivity contribution is 0.817. The maximum Gasteiger partial charge on any atom is 0.266 e. The van der Waals surface area contributed by atoms with E-state index in [1.54, 1.807) is 4.57 Å². The highest BCUT2D eigenvalue weighted by Gasteiger charge is 2.15. The molecule has 158 valence electrons. The van der Waals surface area contributed by atoms with Gasteiger partial charge in [0.15, 0.2) is 5.16 Å². The molecule has 0 atom stereocenters. The molecule has 0 saturated heterocycles. The van der Waals surface area contributed by atoms with Crippen molar-refractivity contribution in [1.82, 2.24) is 19.5 Å². The molecule has 2 aromatic heterocycles. The maximum atomic E-state index is 13.5. The van der Waals surface area contributed by atoms with Crippen molar-refractivity contribution < 1.29 is 0 Å². The standard InChI is InChI=1S/C25H21N5OS/c1-15-11-16(2)13-17(12-15)30-24(31)19-8-4-6-10-21(19)28-25(30)32-14-22-27-20-9-5-3-7-18(20)23(26)29-22/h3-13H,14H2,1-2H3,(H2,26,27,29). The summed E-state index contributed by atoms with van der Waals surface area (Å²) in [6.45, 7) is 4.04. The number of rotatable bonds is 4. The Morgan fingerprint density at radius 2 is 1.47 bits per heavy atom. The highest BCUT2D eigenvalue weighted by molar-refractivity contribution is 7.98. The second kappa shape index (κ2) is 8.09. The fraction of sp³-hybridized carbons (Fsp3) is 0.120. The molecule has 6 nitrogen and oxygen atoms in total. The van der Waals surface area contributed by atoms with E-state index >= 15 is 0 Å². The Kier molecular flexibility index (Phi) is 5.11. The van der Waals surface area contributed by atoms with E-state index < -0.39 is 0 Å². The molecule has 0 aliphatic heterocycles. The Balaban J connectivity index is 1.62. The molecule has 5 aromatic rings. The van der Waals surface area contributed by atoms with Gasteiger partial charge in [-0.25, -0.2) is 15.0 Å². The molecule has 0 bridgehead atoms. The van der Waals surface area contributed by atoms with Gasteiger partial charge in [-0.05, 0) is 61.4 Å². The van der Waals surface area contributed by atoms with Crippen LogP contribution >= 0.6 is 11.8 Å². The van der Waals surface area contributed by atoms with Gasteiger partial charge in [0.1, 0.15) is 11.6 Å². The lowest BCUT2D eigenvalue weighted by Gasteiger charge is -2.14. The van der Waals surface area contributed by atoms with Gasteiger partial charge in [0.25, 0.3) is 5.56 Å². The average molecular weight is 440 g/mol. The predicted molar refractivity (Wildman–Crippen MR) is 130 cm³/mol. The van der Waals surface area contributed by atoms with E-state index in [1.807, 2.05) is 74.5 Å². The Bertz CT molecular complexity index is 1520. The minimum atomic E-state index is -0.0953. The van der Waals surface area contributed by atoms with Gasteiger partial charge >= 0.3 is 0 Å². The molecule has 0 unspecified atom stereocenters. The molecule has 0 spiro atoms. The number of thioether (sulfide) groups is 1. The smallest absolute Gasteiger partial charge is 0.266 e. The van der Waals surface area contributed by atoms with Gasteiger partial charge in [-0.1, -0.05) is 42.1 Å². The number of aryl methyl sites for hydroxylation is 2. The van der Waals surface area contributed by atoms with Gasteiger partial charge in [0.05, 0.1) is 27.9 Å². The minimum Gasteiger partial charge on any atom is -0.383 e. The molecule has 2 N–H and O–H groups in total.